The lowest BCUT2D eigenvalue weighted by molar-refractivity contribution is -0.139. The Kier molecular flexibility index (Phi) is 9.96. The zero-order valence-electron chi connectivity index (χ0n) is 21.2. The smallest absolute Gasteiger partial charge is 0.244 e. The minimum Gasteiger partial charge on any atom is -0.352 e. The number of nitrogens with one attached hydrogen (secondary N) is 1. The lowest BCUT2D eigenvalue weighted by atomic mass is 9.95. The zero-order valence-corrected chi connectivity index (χ0v) is 23.6. The molecule has 1 unspecified atom stereocenters. The van der Waals surface area contributed by atoms with Crippen LogP contribution in [0.15, 0.2) is 53.0 Å². The van der Waals surface area contributed by atoms with Crippen molar-refractivity contribution in [3.05, 3.63) is 64.1 Å². The molecule has 7 nitrogen and oxygen atoms in total. The molecule has 0 spiro atoms. The van der Waals surface area contributed by atoms with Crippen molar-refractivity contribution in [2.24, 2.45) is 0 Å². The number of nitrogens with zero attached hydrogens (tertiary/aromatic N) is 2. The predicted molar refractivity (Wildman–Crippen MR) is 147 cm³/mol. The van der Waals surface area contributed by atoms with Crippen LogP contribution in [-0.2, 0) is 32.6 Å². The Labute approximate surface area is 223 Å². The number of aryl methyl sites for hydroxylation is 1. The molecule has 2 aromatic carbocycles. The number of carbonyl (C=O) groups excluding carboxylic acids is 2. The first-order chi connectivity index (χ1) is 17.1. The van der Waals surface area contributed by atoms with Crippen LogP contribution >= 0.6 is 15.9 Å². The quantitative estimate of drug-likeness (QED) is 0.445. The predicted octanol–water partition coefficient (Wildman–Crippen LogP) is 4.64. The van der Waals surface area contributed by atoms with Crippen molar-refractivity contribution >= 4 is 43.5 Å². The van der Waals surface area contributed by atoms with Crippen molar-refractivity contribution in [1.29, 1.82) is 0 Å². The standard InChI is InChI=1S/C27H36BrN3O4S/c1-4-21-12-16-25(17-13-21)31(36(3,34)35)19-26(32)30(18-22-10-14-23(28)15-11-22)20(2)27(33)29-24-8-6-5-7-9-24/h10-17,20,24H,4-9,18-19H2,1-3H3,(H,29,33). The number of benzene rings is 2. The first-order valence-electron chi connectivity index (χ1n) is 12.5. The number of sulfonamides is 1. The molecular formula is C27H36BrN3O4S. The third-order valence-corrected chi connectivity index (χ3v) is 8.37. The van der Waals surface area contributed by atoms with E-state index in [9.17, 15) is 18.0 Å². The first-order valence-corrected chi connectivity index (χ1v) is 15.1. The first kappa shape index (κ1) is 28.2. The third kappa shape index (κ3) is 7.80. The summed E-state index contributed by atoms with van der Waals surface area (Å²) in [5, 5.41) is 3.10. The molecule has 1 aliphatic rings. The van der Waals surface area contributed by atoms with E-state index in [1.807, 2.05) is 43.3 Å². The molecule has 2 amide bonds. The fourth-order valence-electron chi connectivity index (χ4n) is 4.45. The maximum Gasteiger partial charge on any atom is 0.244 e. The lowest BCUT2D eigenvalue weighted by Crippen LogP contribution is -2.52. The summed E-state index contributed by atoms with van der Waals surface area (Å²) >= 11 is 3.42. The van der Waals surface area contributed by atoms with Crippen LogP contribution in [0, 0.1) is 0 Å². The van der Waals surface area contributed by atoms with Gasteiger partial charge in [-0.05, 0) is 61.6 Å². The molecule has 1 atom stereocenters. The number of hydrogen-bond acceptors (Lipinski definition) is 4. The van der Waals surface area contributed by atoms with Crippen molar-refractivity contribution in [3.63, 3.8) is 0 Å². The van der Waals surface area contributed by atoms with E-state index in [-0.39, 0.29) is 25.0 Å². The van der Waals surface area contributed by atoms with Crippen molar-refractivity contribution in [1.82, 2.24) is 10.2 Å². The van der Waals surface area contributed by atoms with Gasteiger partial charge in [-0.15, -0.1) is 0 Å². The lowest BCUT2D eigenvalue weighted by Gasteiger charge is -2.33. The highest BCUT2D eigenvalue weighted by molar-refractivity contribution is 9.10. The highest BCUT2D eigenvalue weighted by Gasteiger charge is 2.31. The molecule has 1 fully saturated rings. The molecular weight excluding hydrogens is 542 g/mol. The molecule has 0 bridgehead atoms. The SMILES string of the molecule is CCc1ccc(N(CC(=O)N(Cc2ccc(Br)cc2)C(C)C(=O)NC2CCCCC2)S(C)(=O)=O)cc1. The van der Waals surface area contributed by atoms with Crippen LogP contribution < -0.4 is 9.62 Å². The van der Waals surface area contributed by atoms with E-state index < -0.39 is 22.0 Å². The minimum absolute atomic E-state index is 0.114. The average Bonchev–Trinajstić information content (AvgIpc) is 2.86. The molecule has 0 saturated heterocycles. The van der Waals surface area contributed by atoms with Crippen LogP contribution in [0.1, 0.15) is 57.1 Å². The number of amides is 2. The van der Waals surface area contributed by atoms with E-state index in [2.05, 4.69) is 21.2 Å². The Balaban J connectivity index is 1.85. The molecule has 196 valence electrons. The Morgan fingerprint density at radius 1 is 1.00 bits per heavy atom. The summed E-state index contributed by atoms with van der Waals surface area (Å²) < 4.78 is 27.4. The van der Waals surface area contributed by atoms with Gasteiger partial charge < -0.3 is 10.2 Å². The van der Waals surface area contributed by atoms with E-state index in [1.165, 1.54) is 11.3 Å². The van der Waals surface area contributed by atoms with E-state index >= 15 is 0 Å². The third-order valence-electron chi connectivity index (χ3n) is 6.70. The van der Waals surface area contributed by atoms with Gasteiger partial charge in [0.15, 0.2) is 0 Å². The van der Waals surface area contributed by atoms with Gasteiger partial charge in [-0.25, -0.2) is 8.42 Å². The summed E-state index contributed by atoms with van der Waals surface area (Å²) in [5.74, 6) is -0.653. The number of hydrogen-bond donors (Lipinski definition) is 1. The molecule has 0 aliphatic heterocycles. The summed E-state index contributed by atoms with van der Waals surface area (Å²) in [6.07, 6.45) is 7.14. The van der Waals surface area contributed by atoms with Gasteiger partial charge in [0, 0.05) is 17.1 Å². The normalized spacial score (nSPS) is 15.2. The van der Waals surface area contributed by atoms with Gasteiger partial charge in [-0.2, -0.15) is 0 Å². The van der Waals surface area contributed by atoms with Crippen molar-refractivity contribution < 1.29 is 18.0 Å². The highest BCUT2D eigenvalue weighted by Crippen LogP contribution is 2.21. The molecule has 1 saturated carbocycles. The number of carbonyl (C=O) groups is 2. The van der Waals surface area contributed by atoms with Gasteiger partial charge in [0.1, 0.15) is 12.6 Å². The Morgan fingerprint density at radius 2 is 1.58 bits per heavy atom. The second-order valence-corrected chi connectivity index (χ2v) is 12.3. The Hall–Kier alpha value is -2.39. The summed E-state index contributed by atoms with van der Waals surface area (Å²) in [4.78, 5) is 28.3. The highest BCUT2D eigenvalue weighted by atomic mass is 79.9. The molecule has 36 heavy (non-hydrogen) atoms. The summed E-state index contributed by atoms with van der Waals surface area (Å²) in [7, 11) is -3.73. The molecule has 1 N–H and O–H groups in total. The van der Waals surface area contributed by atoms with Crippen LogP contribution in [0.4, 0.5) is 5.69 Å². The Morgan fingerprint density at radius 3 is 2.14 bits per heavy atom. The van der Waals surface area contributed by atoms with Crippen molar-refractivity contribution in [2.45, 2.75) is 71.0 Å². The minimum atomic E-state index is -3.73. The van der Waals surface area contributed by atoms with Gasteiger partial charge in [-0.3, -0.25) is 13.9 Å². The van der Waals surface area contributed by atoms with Gasteiger partial charge >= 0.3 is 0 Å². The van der Waals surface area contributed by atoms with Crippen LogP contribution in [0.2, 0.25) is 0 Å². The largest absolute Gasteiger partial charge is 0.352 e. The fraction of sp³-hybridized carbons (Fsp3) is 0.481. The monoisotopic (exact) mass is 577 g/mol. The number of rotatable bonds is 10. The van der Waals surface area contributed by atoms with E-state index in [0.29, 0.717) is 5.69 Å². The maximum absolute atomic E-state index is 13.6. The molecule has 0 aromatic heterocycles. The summed E-state index contributed by atoms with van der Waals surface area (Å²) in [6.45, 7) is 3.53. The van der Waals surface area contributed by atoms with Gasteiger partial charge in [0.2, 0.25) is 21.8 Å². The second kappa shape index (κ2) is 12.7. The van der Waals surface area contributed by atoms with Crippen LogP contribution in [0.3, 0.4) is 0 Å². The molecule has 3 rings (SSSR count). The van der Waals surface area contributed by atoms with Gasteiger partial charge in [-0.1, -0.05) is 66.4 Å². The van der Waals surface area contributed by atoms with Crippen LogP contribution in [0.25, 0.3) is 0 Å². The van der Waals surface area contributed by atoms with E-state index in [1.54, 1.807) is 19.1 Å². The molecule has 0 radical (unpaired) electrons. The van der Waals surface area contributed by atoms with Crippen LogP contribution in [0.5, 0.6) is 0 Å². The molecule has 1 aliphatic carbocycles. The fourth-order valence-corrected chi connectivity index (χ4v) is 5.56. The van der Waals surface area contributed by atoms with Crippen molar-refractivity contribution in [2.75, 3.05) is 17.1 Å². The average molecular weight is 579 g/mol. The van der Waals surface area contributed by atoms with E-state index in [4.69, 9.17) is 0 Å². The number of halogens is 1. The van der Waals surface area contributed by atoms with Crippen molar-refractivity contribution in [3.8, 4) is 0 Å². The zero-order chi connectivity index (χ0) is 26.3. The molecule has 9 heteroatoms. The van der Waals surface area contributed by atoms with E-state index in [0.717, 1.165) is 58.3 Å². The van der Waals surface area contributed by atoms with Gasteiger partial charge in [0.05, 0.1) is 11.9 Å². The summed E-state index contributed by atoms with van der Waals surface area (Å²) in [6, 6.07) is 14.0. The summed E-state index contributed by atoms with van der Waals surface area (Å²) in [5.41, 5.74) is 2.34. The maximum atomic E-state index is 13.6. The Bertz CT molecular complexity index is 1130. The van der Waals surface area contributed by atoms with Crippen LogP contribution in [-0.4, -0.2) is 50.0 Å². The van der Waals surface area contributed by atoms with Gasteiger partial charge in [0.25, 0.3) is 0 Å². The molecule has 0 heterocycles. The second-order valence-electron chi connectivity index (χ2n) is 9.46. The topological polar surface area (TPSA) is 86.8 Å². The number of anilines is 1. The molecule has 2 aromatic rings.